The standard InChI is InChI=1S/C34H20N8O3.Ti/c43-16-25(44)45-24-15-7-14-23-26(24)34-41-32-22-13-6-5-12-21(22)30(39-32)37-28-18-9-2-1-8-17(18)27(35-28)36-29-19-10-3-4-11-20(19)31(38-29)40-33(23)42-34;/h1-15,43H,16H2,(H2,35,36,37,38,39,40,41,42);. The third kappa shape index (κ3) is 4.32. The van der Waals surface area contributed by atoms with Crippen LogP contribution in [0.5, 0.6) is 5.75 Å². The number of aromatic nitrogens is 8. The second-order valence-corrected chi connectivity index (χ2v) is 10.6. The molecule has 0 atom stereocenters. The number of H-pyrrole nitrogens is 2. The Morgan fingerprint density at radius 3 is 1.46 bits per heavy atom. The normalized spacial score (nSPS) is 11.6. The number of carbonyl (C=O) groups is 1. The van der Waals surface area contributed by atoms with E-state index in [0.29, 0.717) is 56.7 Å². The Kier molecular flexibility index (Phi) is 6.54. The van der Waals surface area contributed by atoms with E-state index in [4.69, 9.17) is 34.6 Å². The quantitative estimate of drug-likeness (QED) is 0.122. The van der Waals surface area contributed by atoms with Gasteiger partial charge < -0.3 is 19.8 Å². The van der Waals surface area contributed by atoms with Crippen molar-refractivity contribution < 1.29 is 36.4 Å². The van der Waals surface area contributed by atoms with Gasteiger partial charge in [0, 0.05) is 60.1 Å². The second-order valence-electron chi connectivity index (χ2n) is 10.6. The molecule has 46 heavy (non-hydrogen) atoms. The average molecular weight is 636 g/mol. The number of aromatic amines is 2. The van der Waals surface area contributed by atoms with E-state index in [-0.39, 0.29) is 27.5 Å². The monoisotopic (exact) mass is 636 g/mol. The molecule has 2 aliphatic heterocycles. The molecule has 11 nitrogen and oxygen atoms in total. The zero-order valence-corrected chi connectivity index (χ0v) is 25.4. The van der Waals surface area contributed by atoms with Crippen molar-refractivity contribution in [3.8, 4) is 51.3 Å². The minimum atomic E-state index is -0.795. The molecule has 8 bridgehead atoms. The maximum absolute atomic E-state index is 12.2. The molecular weight excluding hydrogens is 616 g/mol. The number of rotatable bonds is 2. The van der Waals surface area contributed by atoms with Crippen LogP contribution in [0, 0.1) is 0 Å². The molecule has 218 valence electrons. The van der Waals surface area contributed by atoms with E-state index in [2.05, 4.69) is 9.97 Å². The summed E-state index contributed by atoms with van der Waals surface area (Å²) in [5, 5.41) is 12.4. The maximum Gasteiger partial charge on any atom is 0.337 e. The number of aliphatic hydroxyl groups is 1. The van der Waals surface area contributed by atoms with Crippen molar-refractivity contribution in [2.75, 3.05) is 6.61 Å². The minimum Gasteiger partial charge on any atom is -0.424 e. The smallest absolute Gasteiger partial charge is 0.337 e. The van der Waals surface area contributed by atoms with Crippen LogP contribution in [-0.4, -0.2) is 57.6 Å². The van der Waals surface area contributed by atoms with Crippen LogP contribution in [0.1, 0.15) is 0 Å². The third-order valence-corrected chi connectivity index (χ3v) is 7.89. The van der Waals surface area contributed by atoms with E-state index >= 15 is 0 Å². The fourth-order valence-electron chi connectivity index (χ4n) is 5.90. The topological polar surface area (TPSA) is 155 Å². The summed E-state index contributed by atoms with van der Waals surface area (Å²) in [6.07, 6.45) is 0. The fraction of sp³-hybridized carbons (Fsp3) is 0.0294. The fourth-order valence-corrected chi connectivity index (χ4v) is 5.90. The van der Waals surface area contributed by atoms with Gasteiger partial charge in [0.2, 0.25) is 0 Å². The van der Waals surface area contributed by atoms with E-state index in [1.54, 1.807) is 12.1 Å². The van der Waals surface area contributed by atoms with Gasteiger partial charge in [0.05, 0.1) is 5.39 Å². The number of carbonyl (C=O) groups excluding carboxylic acids is 1. The third-order valence-electron chi connectivity index (χ3n) is 7.89. The van der Waals surface area contributed by atoms with Crippen LogP contribution in [0.4, 0.5) is 0 Å². The second kappa shape index (κ2) is 10.8. The number of hydrogen-bond acceptors (Lipinski definition) is 9. The molecule has 0 spiro atoms. The summed E-state index contributed by atoms with van der Waals surface area (Å²) in [7, 11) is 0. The van der Waals surface area contributed by atoms with Gasteiger partial charge in [0.25, 0.3) is 0 Å². The molecule has 0 aliphatic carbocycles. The van der Waals surface area contributed by atoms with Crippen molar-refractivity contribution in [2.24, 2.45) is 0 Å². The number of hydrogen-bond donors (Lipinski definition) is 3. The molecule has 0 saturated heterocycles. The van der Waals surface area contributed by atoms with Crippen LogP contribution in [0.25, 0.3) is 89.7 Å². The number of esters is 1. The van der Waals surface area contributed by atoms with Crippen LogP contribution in [0.2, 0.25) is 0 Å². The Hall–Kier alpha value is -5.62. The van der Waals surface area contributed by atoms with Gasteiger partial charge >= 0.3 is 5.97 Å². The average Bonchev–Trinajstić information content (AvgIpc) is 3.80. The Balaban J connectivity index is 0.00000312. The maximum atomic E-state index is 12.2. The molecule has 2 aliphatic rings. The number of aliphatic hydroxyl groups excluding tert-OH is 1. The van der Waals surface area contributed by atoms with E-state index in [1.807, 2.05) is 78.9 Å². The molecule has 7 aromatic rings. The zero-order chi connectivity index (χ0) is 30.1. The minimum absolute atomic E-state index is 0. The van der Waals surface area contributed by atoms with Gasteiger partial charge in [-0.05, 0) is 6.07 Å². The van der Waals surface area contributed by atoms with Crippen molar-refractivity contribution in [3.05, 3.63) is 91.0 Å². The molecule has 12 heteroatoms. The molecule has 0 amide bonds. The Bertz CT molecular complexity index is 2550. The molecule has 9 rings (SSSR count). The molecular formula is C34H20N8O3Ti. The van der Waals surface area contributed by atoms with Crippen molar-refractivity contribution in [1.82, 2.24) is 39.9 Å². The molecule has 0 unspecified atom stereocenters. The Labute approximate surface area is 274 Å². The largest absolute Gasteiger partial charge is 0.424 e. The number of benzene rings is 4. The summed E-state index contributed by atoms with van der Waals surface area (Å²) in [5.41, 5.74) is 5.33. The van der Waals surface area contributed by atoms with Crippen LogP contribution in [-0.2, 0) is 26.5 Å². The molecule has 0 saturated carbocycles. The molecule has 3 aromatic heterocycles. The first-order valence-corrected chi connectivity index (χ1v) is 14.2. The summed E-state index contributed by atoms with van der Waals surface area (Å²) in [5.74, 6) is 1.31. The summed E-state index contributed by atoms with van der Waals surface area (Å²) in [6.45, 7) is -0.769. The van der Waals surface area contributed by atoms with E-state index < -0.39 is 12.6 Å². The van der Waals surface area contributed by atoms with E-state index in [9.17, 15) is 9.90 Å². The summed E-state index contributed by atoms with van der Waals surface area (Å²) in [4.78, 5) is 48.6. The van der Waals surface area contributed by atoms with Crippen LogP contribution in [0.3, 0.4) is 0 Å². The van der Waals surface area contributed by atoms with Gasteiger partial charge in [-0.3, -0.25) is 0 Å². The van der Waals surface area contributed by atoms with Gasteiger partial charge in [0.15, 0.2) is 23.3 Å². The van der Waals surface area contributed by atoms with Gasteiger partial charge in [0.1, 0.15) is 34.9 Å². The van der Waals surface area contributed by atoms with Gasteiger partial charge in [-0.1, -0.05) is 84.9 Å². The summed E-state index contributed by atoms with van der Waals surface area (Å²) >= 11 is 0. The number of nitrogens with zero attached hydrogens (tertiary/aromatic N) is 6. The first kappa shape index (κ1) is 27.9. The number of fused-ring (bicyclic) bond motifs is 20. The van der Waals surface area contributed by atoms with Crippen LogP contribution < -0.4 is 4.74 Å². The van der Waals surface area contributed by atoms with Gasteiger partial charge in [-0.2, -0.15) is 0 Å². The van der Waals surface area contributed by atoms with Crippen molar-refractivity contribution in [3.63, 3.8) is 0 Å². The SMILES string of the molecule is O=C(CO)Oc1cccc2c3nc4nc(nc5[nH]c(nc6nc(nc([nH]3)c12)-c1ccccc1-6)c1ccccc51)-c1ccccc1-4.[Ti]. The van der Waals surface area contributed by atoms with Crippen LogP contribution in [0.15, 0.2) is 91.0 Å². The van der Waals surface area contributed by atoms with Crippen molar-refractivity contribution in [1.29, 1.82) is 0 Å². The van der Waals surface area contributed by atoms with E-state index in [0.717, 1.165) is 33.0 Å². The zero-order valence-electron chi connectivity index (χ0n) is 23.8. The predicted octanol–water partition coefficient (Wildman–Crippen LogP) is 5.76. The van der Waals surface area contributed by atoms with E-state index in [1.165, 1.54) is 0 Å². The predicted molar refractivity (Wildman–Crippen MR) is 169 cm³/mol. The first-order chi connectivity index (χ1) is 22.1. The number of ether oxygens (including phenoxy) is 1. The van der Waals surface area contributed by atoms with Crippen LogP contribution >= 0.6 is 0 Å². The molecule has 4 aromatic carbocycles. The van der Waals surface area contributed by atoms with Gasteiger partial charge in [-0.25, -0.2) is 34.7 Å². The molecule has 5 heterocycles. The Morgan fingerprint density at radius 1 is 0.543 bits per heavy atom. The van der Waals surface area contributed by atoms with Gasteiger partial charge in [-0.15, -0.1) is 0 Å². The molecule has 0 radical (unpaired) electrons. The summed E-state index contributed by atoms with van der Waals surface area (Å²) in [6, 6.07) is 28.7. The molecule has 3 N–H and O–H groups in total. The summed E-state index contributed by atoms with van der Waals surface area (Å²) < 4.78 is 5.52. The number of nitrogens with one attached hydrogen (secondary N) is 2. The Morgan fingerprint density at radius 2 is 0.957 bits per heavy atom. The van der Waals surface area contributed by atoms with Crippen molar-refractivity contribution in [2.45, 2.75) is 0 Å². The van der Waals surface area contributed by atoms with Crippen molar-refractivity contribution >= 4 is 50.1 Å². The molecule has 0 fully saturated rings. The first-order valence-electron chi connectivity index (χ1n) is 14.2.